The van der Waals surface area contributed by atoms with Crippen molar-refractivity contribution in [3.8, 4) is 0 Å². The van der Waals surface area contributed by atoms with Gasteiger partial charge in [-0.15, -0.1) is 0 Å². The van der Waals surface area contributed by atoms with Crippen LogP contribution in [0.1, 0.15) is 16.7 Å². The fourth-order valence-electron chi connectivity index (χ4n) is 1.54. The molecule has 1 aliphatic rings. The molecule has 11 heavy (non-hydrogen) atoms. The zero-order valence-corrected chi connectivity index (χ0v) is 6.59. The van der Waals surface area contributed by atoms with Gasteiger partial charge < -0.3 is 0 Å². The van der Waals surface area contributed by atoms with Gasteiger partial charge in [0.2, 0.25) is 0 Å². The van der Waals surface area contributed by atoms with Gasteiger partial charge in [-0.3, -0.25) is 0 Å². The highest BCUT2D eigenvalue weighted by molar-refractivity contribution is 5.89. The molecule has 0 spiro atoms. The first kappa shape index (κ1) is 6.41. The van der Waals surface area contributed by atoms with E-state index >= 15 is 0 Å². The topological polar surface area (TPSA) is 0 Å². The summed E-state index contributed by atoms with van der Waals surface area (Å²) in [7, 11) is 0. The lowest BCUT2D eigenvalue weighted by Gasteiger charge is -2.02. The van der Waals surface area contributed by atoms with E-state index in [1.807, 2.05) is 0 Å². The molecular formula is C11H10. The van der Waals surface area contributed by atoms with Gasteiger partial charge in [-0.1, -0.05) is 36.9 Å². The molecule has 1 aromatic rings. The minimum atomic E-state index is 1.14. The van der Waals surface area contributed by atoms with Crippen LogP contribution in [0.4, 0.5) is 0 Å². The zero-order valence-electron chi connectivity index (χ0n) is 6.59. The van der Waals surface area contributed by atoms with Crippen LogP contribution in [0.25, 0.3) is 11.6 Å². The maximum Gasteiger partial charge on any atom is -0.00881 e. The predicted octanol–water partition coefficient (Wildman–Crippen LogP) is 3.04. The van der Waals surface area contributed by atoms with Crippen LogP contribution >= 0.6 is 0 Å². The molecule has 0 fully saturated rings. The van der Waals surface area contributed by atoms with Crippen LogP contribution in [0.5, 0.6) is 0 Å². The van der Waals surface area contributed by atoms with Crippen molar-refractivity contribution < 1.29 is 0 Å². The van der Waals surface area contributed by atoms with Crippen LogP contribution in [0.2, 0.25) is 0 Å². The molecular weight excluding hydrogens is 132 g/mol. The van der Waals surface area contributed by atoms with Gasteiger partial charge in [-0.25, -0.2) is 0 Å². The summed E-state index contributed by atoms with van der Waals surface area (Å²) in [6.07, 6.45) is 4.18. The number of hydrogen-bond acceptors (Lipinski definition) is 0. The molecule has 2 rings (SSSR count). The quantitative estimate of drug-likeness (QED) is 0.522. The first-order chi connectivity index (χ1) is 5.29. The number of allylic oxidation sites excluding steroid dienone is 2. The van der Waals surface area contributed by atoms with E-state index < -0.39 is 0 Å². The van der Waals surface area contributed by atoms with Crippen molar-refractivity contribution in [2.24, 2.45) is 0 Å². The van der Waals surface area contributed by atoms with E-state index in [-0.39, 0.29) is 0 Å². The molecule has 0 unspecified atom stereocenters. The Morgan fingerprint density at radius 2 is 2.00 bits per heavy atom. The van der Waals surface area contributed by atoms with Crippen molar-refractivity contribution in [1.82, 2.24) is 0 Å². The Hall–Kier alpha value is -1.30. The van der Waals surface area contributed by atoms with Crippen LogP contribution in [0, 0.1) is 6.92 Å². The molecule has 54 valence electrons. The van der Waals surface area contributed by atoms with E-state index in [1.54, 1.807) is 0 Å². The van der Waals surface area contributed by atoms with E-state index in [2.05, 4.69) is 43.9 Å². The average Bonchev–Trinajstić information content (AvgIpc) is 2.34. The van der Waals surface area contributed by atoms with Crippen LogP contribution in [0.3, 0.4) is 0 Å². The van der Waals surface area contributed by atoms with E-state index in [0.717, 1.165) is 5.57 Å². The Morgan fingerprint density at radius 3 is 2.73 bits per heavy atom. The number of hydrogen-bond donors (Lipinski definition) is 0. The van der Waals surface area contributed by atoms with Crippen LogP contribution in [0.15, 0.2) is 30.9 Å². The predicted molar refractivity (Wildman–Crippen MR) is 49.2 cm³/mol. The van der Waals surface area contributed by atoms with Crippen molar-refractivity contribution in [2.75, 3.05) is 0 Å². The van der Waals surface area contributed by atoms with Gasteiger partial charge in [0, 0.05) is 0 Å². The third-order valence-corrected chi connectivity index (χ3v) is 2.09. The normalized spacial score (nSPS) is 13.7. The first-order valence-electron chi connectivity index (χ1n) is 3.76. The molecule has 1 aliphatic carbocycles. The van der Waals surface area contributed by atoms with Crippen molar-refractivity contribution >= 4 is 11.6 Å². The smallest absolute Gasteiger partial charge is 0.00881 e. The molecule has 0 heteroatoms. The molecule has 0 aromatic heterocycles. The Kier molecular flexibility index (Phi) is 1.22. The van der Waals surface area contributed by atoms with Gasteiger partial charge >= 0.3 is 0 Å². The molecule has 0 heterocycles. The van der Waals surface area contributed by atoms with Crippen LogP contribution in [-0.4, -0.2) is 0 Å². The monoisotopic (exact) mass is 142 g/mol. The summed E-state index contributed by atoms with van der Waals surface area (Å²) in [5.74, 6) is 0. The Bertz CT molecular complexity index is 343. The lowest BCUT2D eigenvalue weighted by atomic mass is 10.0. The molecule has 1 aromatic carbocycles. The van der Waals surface area contributed by atoms with Crippen LogP contribution in [-0.2, 0) is 0 Å². The highest BCUT2D eigenvalue weighted by atomic mass is 14.1. The molecule has 0 bridgehead atoms. The standard InChI is InChI=1S/C11H10/c1-8-4-3-5-10-7-6-9(2)11(8)10/h3-7H,2H2,1H3. The maximum atomic E-state index is 3.97. The minimum absolute atomic E-state index is 1.14. The van der Waals surface area contributed by atoms with Crippen LogP contribution < -0.4 is 0 Å². The fourth-order valence-corrected chi connectivity index (χ4v) is 1.54. The third kappa shape index (κ3) is 0.829. The van der Waals surface area contributed by atoms with Crippen molar-refractivity contribution in [2.45, 2.75) is 6.92 Å². The number of aryl methyl sites for hydroxylation is 1. The van der Waals surface area contributed by atoms with E-state index in [4.69, 9.17) is 0 Å². The summed E-state index contributed by atoms with van der Waals surface area (Å²) < 4.78 is 0. The van der Waals surface area contributed by atoms with Gasteiger partial charge in [-0.2, -0.15) is 0 Å². The zero-order chi connectivity index (χ0) is 7.84. The van der Waals surface area contributed by atoms with Gasteiger partial charge in [0.1, 0.15) is 0 Å². The van der Waals surface area contributed by atoms with E-state index in [1.165, 1.54) is 16.7 Å². The highest BCUT2D eigenvalue weighted by Crippen LogP contribution is 2.29. The molecule has 0 saturated carbocycles. The van der Waals surface area contributed by atoms with Gasteiger partial charge in [0.15, 0.2) is 0 Å². The van der Waals surface area contributed by atoms with E-state index in [9.17, 15) is 0 Å². The fraction of sp³-hybridized carbons (Fsp3) is 0.0909. The second kappa shape index (κ2) is 2.09. The minimum Gasteiger partial charge on any atom is -0.0911 e. The van der Waals surface area contributed by atoms with Gasteiger partial charge in [0.05, 0.1) is 0 Å². The second-order valence-corrected chi connectivity index (χ2v) is 2.90. The average molecular weight is 142 g/mol. The molecule has 0 aliphatic heterocycles. The molecule has 0 saturated heterocycles. The lowest BCUT2D eigenvalue weighted by molar-refractivity contribution is 1.43. The number of fused-ring (bicyclic) bond motifs is 1. The second-order valence-electron chi connectivity index (χ2n) is 2.90. The summed E-state index contributed by atoms with van der Waals surface area (Å²) in [5.41, 5.74) is 5.07. The van der Waals surface area contributed by atoms with Gasteiger partial charge in [0.25, 0.3) is 0 Å². The van der Waals surface area contributed by atoms with Crippen molar-refractivity contribution in [3.05, 3.63) is 47.5 Å². The summed E-state index contributed by atoms with van der Waals surface area (Å²) in [4.78, 5) is 0. The summed E-state index contributed by atoms with van der Waals surface area (Å²) in [6, 6.07) is 6.32. The molecule has 0 nitrogen and oxygen atoms in total. The maximum absolute atomic E-state index is 3.97. The first-order valence-corrected chi connectivity index (χ1v) is 3.76. The summed E-state index contributed by atoms with van der Waals surface area (Å²) in [5, 5.41) is 0. The van der Waals surface area contributed by atoms with Crippen molar-refractivity contribution in [1.29, 1.82) is 0 Å². The summed E-state index contributed by atoms with van der Waals surface area (Å²) >= 11 is 0. The Balaban J connectivity index is 2.74. The largest absolute Gasteiger partial charge is 0.0911 e. The number of benzene rings is 1. The molecule has 0 N–H and O–H groups in total. The SMILES string of the molecule is C=C1C=Cc2cccc(C)c21. The Labute approximate surface area is 66.9 Å². The molecule has 0 atom stereocenters. The summed E-state index contributed by atoms with van der Waals surface area (Å²) in [6.45, 7) is 6.09. The molecule has 0 amide bonds. The van der Waals surface area contributed by atoms with Gasteiger partial charge in [-0.05, 0) is 29.2 Å². The van der Waals surface area contributed by atoms with Crippen molar-refractivity contribution in [3.63, 3.8) is 0 Å². The molecule has 0 radical (unpaired) electrons. The highest BCUT2D eigenvalue weighted by Gasteiger charge is 2.09. The number of rotatable bonds is 0. The van der Waals surface area contributed by atoms with E-state index in [0.29, 0.717) is 0 Å². The lowest BCUT2D eigenvalue weighted by Crippen LogP contribution is -1.84. The third-order valence-electron chi connectivity index (χ3n) is 2.09. The Morgan fingerprint density at radius 1 is 1.18 bits per heavy atom.